The van der Waals surface area contributed by atoms with Gasteiger partial charge in [0.2, 0.25) is 0 Å². The standard InChI is InChI=1S/C17H27ClN4O/c1-3-22-9-5-6-15(22)12-21-17(19)20-11-13-7-8-14(18)10-16(13)23-4-2/h7-8,10,15H,3-6,9,11-12H2,1-2H3,(H3,19,20,21). The zero-order chi connectivity index (χ0) is 16.7. The van der Waals surface area contributed by atoms with Crippen LogP contribution < -0.4 is 15.8 Å². The molecule has 1 heterocycles. The van der Waals surface area contributed by atoms with Gasteiger partial charge in [0.15, 0.2) is 5.96 Å². The molecule has 1 aliphatic rings. The fourth-order valence-electron chi connectivity index (χ4n) is 2.94. The molecule has 23 heavy (non-hydrogen) atoms. The second kappa shape index (κ2) is 8.99. The van der Waals surface area contributed by atoms with Crippen molar-refractivity contribution in [3.05, 3.63) is 28.8 Å². The highest BCUT2D eigenvalue weighted by molar-refractivity contribution is 6.30. The highest BCUT2D eigenvalue weighted by Gasteiger charge is 2.22. The average Bonchev–Trinajstić information content (AvgIpc) is 3.00. The Labute approximate surface area is 143 Å². The van der Waals surface area contributed by atoms with Gasteiger partial charge in [0, 0.05) is 23.2 Å². The molecule has 128 valence electrons. The molecule has 1 aromatic rings. The van der Waals surface area contributed by atoms with E-state index in [4.69, 9.17) is 22.1 Å². The minimum absolute atomic E-state index is 0.477. The minimum Gasteiger partial charge on any atom is -0.493 e. The molecule has 1 atom stereocenters. The number of aliphatic imine (C=N–C) groups is 1. The van der Waals surface area contributed by atoms with Gasteiger partial charge in [-0.2, -0.15) is 0 Å². The molecular formula is C17H27ClN4O. The van der Waals surface area contributed by atoms with Crippen molar-refractivity contribution < 1.29 is 4.74 Å². The van der Waals surface area contributed by atoms with Crippen LogP contribution in [0.2, 0.25) is 5.02 Å². The van der Waals surface area contributed by atoms with E-state index in [0.717, 1.165) is 24.4 Å². The molecule has 0 aromatic heterocycles. The Morgan fingerprint density at radius 2 is 2.30 bits per heavy atom. The molecule has 0 radical (unpaired) electrons. The Morgan fingerprint density at radius 1 is 1.48 bits per heavy atom. The molecule has 0 amide bonds. The van der Waals surface area contributed by atoms with E-state index in [1.54, 1.807) is 0 Å². The van der Waals surface area contributed by atoms with Crippen molar-refractivity contribution in [1.82, 2.24) is 10.2 Å². The van der Waals surface area contributed by atoms with Gasteiger partial charge in [0.25, 0.3) is 0 Å². The molecule has 1 aromatic carbocycles. The Bertz CT molecular complexity index is 535. The number of guanidine groups is 1. The van der Waals surface area contributed by atoms with E-state index >= 15 is 0 Å². The van der Waals surface area contributed by atoms with Gasteiger partial charge in [-0.05, 0) is 45.0 Å². The molecule has 0 spiro atoms. The molecule has 1 saturated heterocycles. The van der Waals surface area contributed by atoms with Crippen molar-refractivity contribution in [2.24, 2.45) is 10.7 Å². The maximum atomic E-state index is 6.01. The van der Waals surface area contributed by atoms with Crippen molar-refractivity contribution in [2.45, 2.75) is 39.3 Å². The Kier molecular flexibility index (Phi) is 6.99. The van der Waals surface area contributed by atoms with Gasteiger partial charge in [-0.3, -0.25) is 4.90 Å². The van der Waals surface area contributed by atoms with Gasteiger partial charge in [0.1, 0.15) is 5.75 Å². The first-order valence-corrected chi connectivity index (χ1v) is 8.70. The third-order valence-electron chi connectivity index (χ3n) is 4.17. The summed E-state index contributed by atoms with van der Waals surface area (Å²) in [6, 6.07) is 6.15. The summed E-state index contributed by atoms with van der Waals surface area (Å²) in [6.45, 7) is 8.35. The van der Waals surface area contributed by atoms with Crippen molar-refractivity contribution in [1.29, 1.82) is 0 Å². The molecule has 2 rings (SSSR count). The highest BCUT2D eigenvalue weighted by atomic mass is 35.5. The first kappa shape index (κ1) is 17.9. The number of ether oxygens (including phenoxy) is 1. The third kappa shape index (κ3) is 5.29. The second-order valence-corrected chi connectivity index (χ2v) is 6.13. The van der Waals surface area contributed by atoms with Gasteiger partial charge in [0.05, 0.1) is 13.2 Å². The largest absolute Gasteiger partial charge is 0.493 e. The lowest BCUT2D eigenvalue weighted by Crippen LogP contribution is -2.42. The summed E-state index contributed by atoms with van der Waals surface area (Å²) in [5, 5.41) is 3.90. The highest BCUT2D eigenvalue weighted by Crippen LogP contribution is 2.24. The molecule has 0 aliphatic carbocycles. The van der Waals surface area contributed by atoms with E-state index in [2.05, 4.69) is 22.1 Å². The number of hydrogen-bond donors (Lipinski definition) is 2. The Morgan fingerprint density at radius 3 is 3.04 bits per heavy atom. The average molecular weight is 339 g/mol. The van der Waals surface area contributed by atoms with Crippen LogP contribution in [0.4, 0.5) is 0 Å². The number of rotatable bonds is 7. The number of nitrogens with two attached hydrogens (primary N) is 1. The van der Waals surface area contributed by atoms with E-state index in [-0.39, 0.29) is 0 Å². The smallest absolute Gasteiger partial charge is 0.188 e. The molecule has 1 aliphatic heterocycles. The monoisotopic (exact) mass is 338 g/mol. The number of nitrogens with one attached hydrogen (secondary N) is 1. The zero-order valence-corrected chi connectivity index (χ0v) is 14.8. The number of likely N-dealkylation sites (tertiary alicyclic amines) is 1. The van der Waals surface area contributed by atoms with Crippen LogP contribution in [-0.2, 0) is 6.54 Å². The van der Waals surface area contributed by atoms with E-state index < -0.39 is 0 Å². The van der Waals surface area contributed by atoms with Crippen molar-refractivity contribution in [2.75, 3.05) is 26.2 Å². The number of nitrogens with zero attached hydrogens (tertiary/aromatic N) is 2. The normalized spacial score (nSPS) is 19.1. The molecule has 5 nitrogen and oxygen atoms in total. The van der Waals surface area contributed by atoms with E-state index in [1.165, 1.54) is 19.4 Å². The molecule has 1 fully saturated rings. The SMILES string of the molecule is CCOc1cc(Cl)ccc1CN=C(N)NCC1CCCN1CC. The summed E-state index contributed by atoms with van der Waals surface area (Å²) in [7, 11) is 0. The predicted molar refractivity (Wildman–Crippen MR) is 96.2 cm³/mol. The summed E-state index contributed by atoms with van der Waals surface area (Å²) in [5.74, 6) is 1.25. The zero-order valence-electron chi connectivity index (χ0n) is 14.0. The number of hydrogen-bond acceptors (Lipinski definition) is 3. The minimum atomic E-state index is 0.477. The van der Waals surface area contributed by atoms with Crippen LogP contribution in [0.1, 0.15) is 32.3 Å². The molecule has 6 heteroatoms. The van der Waals surface area contributed by atoms with E-state index in [1.807, 2.05) is 25.1 Å². The van der Waals surface area contributed by atoms with Gasteiger partial charge in [-0.15, -0.1) is 0 Å². The van der Waals surface area contributed by atoms with Crippen LogP contribution >= 0.6 is 11.6 Å². The van der Waals surface area contributed by atoms with Crippen LogP contribution in [0.25, 0.3) is 0 Å². The number of halogens is 1. The van der Waals surface area contributed by atoms with Crippen LogP contribution in [0.5, 0.6) is 5.75 Å². The predicted octanol–water partition coefficient (Wildman–Crippen LogP) is 2.63. The maximum Gasteiger partial charge on any atom is 0.188 e. The summed E-state index contributed by atoms with van der Waals surface area (Å²) in [6.07, 6.45) is 2.49. The molecule has 0 bridgehead atoms. The fourth-order valence-corrected chi connectivity index (χ4v) is 3.10. The van der Waals surface area contributed by atoms with Crippen LogP contribution in [0.15, 0.2) is 23.2 Å². The quantitative estimate of drug-likeness (QED) is 0.592. The fraction of sp³-hybridized carbons (Fsp3) is 0.588. The molecule has 0 saturated carbocycles. The van der Waals surface area contributed by atoms with Crippen molar-refractivity contribution in [3.8, 4) is 5.75 Å². The third-order valence-corrected chi connectivity index (χ3v) is 4.41. The summed E-state index contributed by atoms with van der Waals surface area (Å²) in [4.78, 5) is 6.90. The summed E-state index contributed by atoms with van der Waals surface area (Å²) >= 11 is 6.01. The van der Waals surface area contributed by atoms with Gasteiger partial charge < -0.3 is 15.8 Å². The Balaban J connectivity index is 1.89. The lowest BCUT2D eigenvalue weighted by atomic mass is 10.2. The van der Waals surface area contributed by atoms with Crippen LogP contribution in [-0.4, -0.2) is 43.1 Å². The van der Waals surface area contributed by atoms with Crippen molar-refractivity contribution in [3.63, 3.8) is 0 Å². The number of benzene rings is 1. The number of likely N-dealkylation sites (N-methyl/N-ethyl adjacent to an activating group) is 1. The first-order chi connectivity index (χ1) is 11.1. The first-order valence-electron chi connectivity index (χ1n) is 8.33. The van der Waals surface area contributed by atoms with Gasteiger partial charge in [-0.1, -0.05) is 24.6 Å². The molecule has 1 unspecified atom stereocenters. The Hall–Kier alpha value is -1.46. The summed E-state index contributed by atoms with van der Waals surface area (Å²) in [5.41, 5.74) is 6.98. The molecular weight excluding hydrogens is 312 g/mol. The maximum absolute atomic E-state index is 6.01. The lowest BCUT2D eigenvalue weighted by Gasteiger charge is -2.23. The van der Waals surface area contributed by atoms with Crippen LogP contribution in [0, 0.1) is 0 Å². The lowest BCUT2D eigenvalue weighted by molar-refractivity contribution is 0.267. The van der Waals surface area contributed by atoms with Crippen LogP contribution in [0.3, 0.4) is 0 Å². The van der Waals surface area contributed by atoms with E-state index in [9.17, 15) is 0 Å². The van der Waals surface area contributed by atoms with Gasteiger partial charge in [-0.25, -0.2) is 4.99 Å². The van der Waals surface area contributed by atoms with Gasteiger partial charge >= 0.3 is 0 Å². The van der Waals surface area contributed by atoms with E-state index in [0.29, 0.717) is 30.2 Å². The second-order valence-electron chi connectivity index (χ2n) is 5.69. The topological polar surface area (TPSA) is 62.9 Å². The molecule has 3 N–H and O–H groups in total. The summed E-state index contributed by atoms with van der Waals surface area (Å²) < 4.78 is 5.60. The van der Waals surface area contributed by atoms with Crippen molar-refractivity contribution >= 4 is 17.6 Å².